The van der Waals surface area contributed by atoms with Gasteiger partial charge in [-0.1, -0.05) is 51.9 Å². The highest BCUT2D eigenvalue weighted by atomic mass is 79.9. The molecule has 1 aromatic rings. The molecule has 1 aromatic heterocycles. The van der Waals surface area contributed by atoms with Gasteiger partial charge in [0.1, 0.15) is 0 Å². The highest BCUT2D eigenvalue weighted by Gasteiger charge is 1.92. The van der Waals surface area contributed by atoms with E-state index in [4.69, 9.17) is 0 Å². The Hall–Kier alpha value is -0.240. The van der Waals surface area contributed by atoms with Crippen LogP contribution in [0, 0.1) is 0 Å². The first-order valence-electron chi connectivity index (χ1n) is 6.54. The highest BCUT2D eigenvalue weighted by molar-refractivity contribution is 8.93. The first-order valence-corrected chi connectivity index (χ1v) is 6.54. The summed E-state index contributed by atoms with van der Waals surface area (Å²) in [6.07, 6.45) is 15.5. The van der Waals surface area contributed by atoms with Crippen molar-refractivity contribution in [2.75, 3.05) is 0 Å². The fourth-order valence-corrected chi connectivity index (χ4v) is 1.95. The lowest BCUT2D eigenvalue weighted by atomic mass is 10.1. The lowest BCUT2D eigenvalue weighted by molar-refractivity contribution is 0.544. The smallest absolute Gasteiger partial charge is 0.0219 e. The summed E-state index contributed by atoms with van der Waals surface area (Å²) in [4.78, 5) is 0. The number of nitrogens with zero attached hydrogens (tertiary/aromatic N) is 1. The fourth-order valence-electron chi connectivity index (χ4n) is 1.95. The van der Waals surface area contributed by atoms with Crippen molar-refractivity contribution in [3.8, 4) is 0 Å². The summed E-state index contributed by atoms with van der Waals surface area (Å²) < 4.78 is 2.27. The van der Waals surface area contributed by atoms with Crippen molar-refractivity contribution in [3.05, 3.63) is 24.5 Å². The molecule has 0 spiro atoms. The SMILES string of the molecule is Br.CCCCCCCCCCn1cccc1. The van der Waals surface area contributed by atoms with Crippen LogP contribution in [0.15, 0.2) is 24.5 Å². The molecule has 1 heterocycles. The van der Waals surface area contributed by atoms with Gasteiger partial charge >= 0.3 is 0 Å². The lowest BCUT2D eigenvalue weighted by Crippen LogP contribution is -1.93. The molecule has 0 fully saturated rings. The predicted molar refractivity (Wildman–Crippen MR) is 77.4 cm³/mol. The average molecular weight is 288 g/mol. The molecular weight excluding hydrogens is 262 g/mol. The number of aryl methyl sites for hydroxylation is 1. The Balaban J connectivity index is 0.00000225. The summed E-state index contributed by atoms with van der Waals surface area (Å²) in [5.41, 5.74) is 0. The summed E-state index contributed by atoms with van der Waals surface area (Å²) in [5, 5.41) is 0. The molecule has 0 aliphatic heterocycles. The third-order valence-corrected chi connectivity index (χ3v) is 2.94. The third-order valence-electron chi connectivity index (χ3n) is 2.94. The molecule has 94 valence electrons. The molecule has 0 atom stereocenters. The molecule has 0 aliphatic rings. The summed E-state index contributed by atoms with van der Waals surface area (Å²) in [6.45, 7) is 3.47. The maximum atomic E-state index is 2.27. The molecule has 0 bridgehead atoms. The van der Waals surface area contributed by atoms with E-state index in [1.54, 1.807) is 0 Å². The van der Waals surface area contributed by atoms with Gasteiger partial charge in [0.15, 0.2) is 0 Å². The zero-order valence-corrected chi connectivity index (χ0v) is 12.2. The number of halogens is 1. The molecule has 0 aromatic carbocycles. The minimum absolute atomic E-state index is 0. The van der Waals surface area contributed by atoms with E-state index in [-0.39, 0.29) is 17.0 Å². The van der Waals surface area contributed by atoms with Crippen LogP contribution >= 0.6 is 17.0 Å². The second-order valence-electron chi connectivity index (χ2n) is 4.40. The van der Waals surface area contributed by atoms with Crippen LogP contribution in [0.5, 0.6) is 0 Å². The summed E-state index contributed by atoms with van der Waals surface area (Å²) in [5.74, 6) is 0. The third kappa shape index (κ3) is 7.98. The van der Waals surface area contributed by atoms with Crippen molar-refractivity contribution in [3.63, 3.8) is 0 Å². The first-order chi connectivity index (χ1) is 7.43. The van der Waals surface area contributed by atoms with Crippen LogP contribution in [0.25, 0.3) is 0 Å². The second kappa shape index (κ2) is 11.3. The zero-order valence-electron chi connectivity index (χ0n) is 10.5. The summed E-state index contributed by atoms with van der Waals surface area (Å²) in [6, 6.07) is 4.20. The van der Waals surface area contributed by atoms with E-state index < -0.39 is 0 Å². The van der Waals surface area contributed by atoms with Gasteiger partial charge in [0, 0.05) is 18.9 Å². The minimum atomic E-state index is 0. The molecule has 16 heavy (non-hydrogen) atoms. The average Bonchev–Trinajstić information content (AvgIpc) is 2.75. The number of unbranched alkanes of at least 4 members (excludes halogenated alkanes) is 7. The molecule has 0 unspecified atom stereocenters. The van der Waals surface area contributed by atoms with E-state index in [2.05, 4.69) is 36.0 Å². The maximum Gasteiger partial charge on any atom is 0.0219 e. The van der Waals surface area contributed by atoms with Gasteiger partial charge in [-0.25, -0.2) is 0 Å². The molecule has 0 saturated carbocycles. The van der Waals surface area contributed by atoms with Gasteiger partial charge < -0.3 is 4.57 Å². The Morgan fingerprint density at radius 3 is 1.81 bits per heavy atom. The van der Waals surface area contributed by atoms with Gasteiger partial charge in [-0.05, 0) is 18.6 Å². The van der Waals surface area contributed by atoms with E-state index in [1.807, 2.05) is 0 Å². The number of rotatable bonds is 9. The van der Waals surface area contributed by atoms with Crippen molar-refractivity contribution in [1.82, 2.24) is 4.57 Å². The Morgan fingerprint density at radius 2 is 1.25 bits per heavy atom. The molecular formula is C14H26BrN. The van der Waals surface area contributed by atoms with Crippen molar-refractivity contribution in [2.24, 2.45) is 0 Å². The van der Waals surface area contributed by atoms with E-state index in [1.165, 1.54) is 57.9 Å². The normalized spacial score (nSPS) is 10.1. The van der Waals surface area contributed by atoms with Crippen LogP contribution in [0.2, 0.25) is 0 Å². The molecule has 2 heteroatoms. The summed E-state index contributed by atoms with van der Waals surface area (Å²) in [7, 11) is 0. The van der Waals surface area contributed by atoms with E-state index in [0.717, 1.165) is 0 Å². The van der Waals surface area contributed by atoms with Gasteiger partial charge in [-0.15, -0.1) is 17.0 Å². The lowest BCUT2D eigenvalue weighted by Gasteiger charge is -2.03. The Bertz CT molecular complexity index is 219. The molecule has 0 radical (unpaired) electrons. The van der Waals surface area contributed by atoms with Crippen molar-refractivity contribution < 1.29 is 0 Å². The number of hydrogen-bond donors (Lipinski definition) is 0. The minimum Gasteiger partial charge on any atom is -0.354 e. The van der Waals surface area contributed by atoms with Gasteiger partial charge in [0.05, 0.1) is 0 Å². The Kier molecular flexibility index (Phi) is 11.1. The Morgan fingerprint density at radius 1 is 0.750 bits per heavy atom. The first kappa shape index (κ1) is 15.8. The standard InChI is InChI=1S/C14H25N.BrH/c1-2-3-4-5-6-7-8-9-12-15-13-10-11-14-15;/h10-11,13-14H,2-9,12H2,1H3;1H. The van der Waals surface area contributed by atoms with Gasteiger partial charge in [-0.2, -0.15) is 0 Å². The van der Waals surface area contributed by atoms with Crippen molar-refractivity contribution >= 4 is 17.0 Å². The van der Waals surface area contributed by atoms with Crippen LogP contribution in [-0.2, 0) is 6.54 Å². The second-order valence-corrected chi connectivity index (χ2v) is 4.40. The molecule has 1 nitrogen and oxygen atoms in total. The molecule has 0 aliphatic carbocycles. The maximum absolute atomic E-state index is 2.27. The fraction of sp³-hybridized carbons (Fsp3) is 0.714. The van der Waals surface area contributed by atoms with Crippen molar-refractivity contribution in [1.29, 1.82) is 0 Å². The summed E-state index contributed by atoms with van der Waals surface area (Å²) >= 11 is 0. The monoisotopic (exact) mass is 287 g/mol. The molecule has 0 saturated heterocycles. The van der Waals surface area contributed by atoms with E-state index >= 15 is 0 Å². The van der Waals surface area contributed by atoms with Gasteiger partial charge in [-0.3, -0.25) is 0 Å². The molecule has 0 N–H and O–H groups in total. The van der Waals surface area contributed by atoms with Gasteiger partial charge in [0.2, 0.25) is 0 Å². The van der Waals surface area contributed by atoms with E-state index in [0.29, 0.717) is 0 Å². The highest BCUT2D eigenvalue weighted by Crippen LogP contribution is 2.09. The van der Waals surface area contributed by atoms with Gasteiger partial charge in [0.25, 0.3) is 0 Å². The van der Waals surface area contributed by atoms with Crippen LogP contribution in [0.1, 0.15) is 58.3 Å². The number of hydrogen-bond acceptors (Lipinski definition) is 0. The predicted octanol–water partition coefficient (Wildman–Crippen LogP) is 5.21. The van der Waals surface area contributed by atoms with E-state index in [9.17, 15) is 0 Å². The molecule has 1 rings (SSSR count). The zero-order chi connectivity index (χ0) is 10.8. The largest absolute Gasteiger partial charge is 0.354 e. The quantitative estimate of drug-likeness (QED) is 0.550. The Labute approximate surface area is 111 Å². The molecule has 0 amide bonds. The van der Waals surface area contributed by atoms with Crippen LogP contribution in [0.3, 0.4) is 0 Å². The number of aromatic nitrogens is 1. The van der Waals surface area contributed by atoms with Crippen LogP contribution < -0.4 is 0 Å². The van der Waals surface area contributed by atoms with Crippen LogP contribution in [0.4, 0.5) is 0 Å². The van der Waals surface area contributed by atoms with Crippen molar-refractivity contribution in [2.45, 2.75) is 64.8 Å². The topological polar surface area (TPSA) is 4.93 Å². The van der Waals surface area contributed by atoms with Crippen LogP contribution in [-0.4, -0.2) is 4.57 Å².